The highest BCUT2D eigenvalue weighted by molar-refractivity contribution is 5.80. The number of hydrogen-bond acceptors (Lipinski definition) is 4. The summed E-state index contributed by atoms with van der Waals surface area (Å²) in [5, 5.41) is 0. The molecule has 0 aliphatic carbocycles. The molecule has 2 amide bonds. The molecule has 2 bridgehead atoms. The van der Waals surface area contributed by atoms with Crippen LogP contribution in [0.4, 0.5) is 0 Å². The van der Waals surface area contributed by atoms with Gasteiger partial charge in [-0.15, -0.1) is 0 Å². The van der Waals surface area contributed by atoms with Crippen LogP contribution in [-0.4, -0.2) is 51.8 Å². The lowest BCUT2D eigenvalue weighted by Gasteiger charge is -2.56. The van der Waals surface area contributed by atoms with Gasteiger partial charge < -0.3 is 14.2 Å². The third-order valence-electron chi connectivity index (χ3n) is 7.53. The number of carbonyl (C=O) groups excluding carboxylic acids is 2. The Labute approximate surface area is 184 Å². The van der Waals surface area contributed by atoms with Crippen molar-refractivity contribution >= 4 is 22.9 Å². The molecule has 0 unspecified atom stereocenters. The fourth-order valence-electron chi connectivity index (χ4n) is 6.09. The standard InChI is InChI=1S/C25H33N3O3/c1-16(2)10-11-21-18-12-17(20-7-5-9-24(29)28(20)21)14-27(15-18)25(30)13-23-26-19-6-3-4-8-22(19)31-23/h3-4,6,8,16-18,20-21H,5,7,9-15H2,1-2H3/t17-,18+,20+,21+/m1/s1. The molecule has 2 aromatic rings. The van der Waals surface area contributed by atoms with Crippen LogP contribution in [0.5, 0.6) is 0 Å². The number of oxazole rings is 1. The topological polar surface area (TPSA) is 66.7 Å². The lowest BCUT2D eigenvalue weighted by Crippen LogP contribution is -2.65. The Morgan fingerprint density at radius 3 is 2.84 bits per heavy atom. The van der Waals surface area contributed by atoms with Crippen LogP contribution in [0.15, 0.2) is 28.7 Å². The summed E-state index contributed by atoms with van der Waals surface area (Å²) in [6.07, 6.45) is 6.27. The minimum absolute atomic E-state index is 0.0967. The Morgan fingerprint density at radius 2 is 2.03 bits per heavy atom. The van der Waals surface area contributed by atoms with Crippen LogP contribution in [0.3, 0.4) is 0 Å². The average Bonchev–Trinajstić information content (AvgIpc) is 3.16. The maximum Gasteiger partial charge on any atom is 0.231 e. The molecule has 3 aliphatic heterocycles. The number of likely N-dealkylation sites (tertiary alicyclic amines) is 1. The Balaban J connectivity index is 1.34. The smallest absolute Gasteiger partial charge is 0.231 e. The van der Waals surface area contributed by atoms with Gasteiger partial charge in [0.1, 0.15) is 11.9 Å². The highest BCUT2D eigenvalue weighted by Gasteiger charge is 2.49. The molecule has 0 radical (unpaired) electrons. The number of piperidine rings is 3. The predicted molar refractivity (Wildman–Crippen MR) is 118 cm³/mol. The summed E-state index contributed by atoms with van der Waals surface area (Å²) in [6, 6.07) is 8.21. The zero-order valence-corrected chi connectivity index (χ0v) is 18.6. The molecular weight excluding hydrogens is 390 g/mol. The molecule has 4 atom stereocenters. The van der Waals surface area contributed by atoms with Crippen LogP contribution in [0.25, 0.3) is 11.1 Å². The Hall–Kier alpha value is -2.37. The van der Waals surface area contributed by atoms with E-state index in [1.54, 1.807) is 0 Å². The van der Waals surface area contributed by atoms with Crippen molar-refractivity contribution in [3.8, 4) is 0 Å². The van der Waals surface area contributed by atoms with Crippen molar-refractivity contribution in [3.05, 3.63) is 30.2 Å². The molecular formula is C25H33N3O3. The highest BCUT2D eigenvalue weighted by Crippen LogP contribution is 2.43. The first kappa shape index (κ1) is 20.5. The molecule has 3 fully saturated rings. The third kappa shape index (κ3) is 3.97. The molecule has 5 rings (SSSR count). The maximum atomic E-state index is 13.2. The summed E-state index contributed by atoms with van der Waals surface area (Å²) in [4.78, 5) is 34.9. The van der Waals surface area contributed by atoms with E-state index in [1.165, 1.54) is 0 Å². The number of amides is 2. The van der Waals surface area contributed by atoms with Gasteiger partial charge in [-0.2, -0.15) is 0 Å². The lowest BCUT2D eigenvalue weighted by atomic mass is 9.70. The van der Waals surface area contributed by atoms with Crippen LogP contribution >= 0.6 is 0 Å². The number of aromatic nitrogens is 1. The van der Waals surface area contributed by atoms with Crippen molar-refractivity contribution in [1.29, 1.82) is 0 Å². The van der Waals surface area contributed by atoms with Crippen molar-refractivity contribution in [2.45, 2.75) is 70.9 Å². The molecule has 6 heteroatoms. The van der Waals surface area contributed by atoms with E-state index in [2.05, 4.69) is 23.7 Å². The van der Waals surface area contributed by atoms with Crippen molar-refractivity contribution in [1.82, 2.24) is 14.8 Å². The molecule has 3 saturated heterocycles. The molecule has 0 saturated carbocycles. The molecule has 3 aliphatic rings. The van der Waals surface area contributed by atoms with Crippen molar-refractivity contribution < 1.29 is 14.0 Å². The zero-order valence-electron chi connectivity index (χ0n) is 18.6. The summed E-state index contributed by atoms with van der Waals surface area (Å²) in [5.74, 6) is 2.32. The monoisotopic (exact) mass is 423 g/mol. The maximum absolute atomic E-state index is 13.2. The van der Waals surface area contributed by atoms with Crippen LogP contribution < -0.4 is 0 Å². The largest absolute Gasteiger partial charge is 0.440 e. The third-order valence-corrected chi connectivity index (χ3v) is 7.53. The molecule has 0 N–H and O–H groups in total. The van der Waals surface area contributed by atoms with E-state index in [0.717, 1.165) is 56.3 Å². The van der Waals surface area contributed by atoms with Gasteiger partial charge in [0.05, 0.1) is 0 Å². The first-order chi connectivity index (χ1) is 15.0. The van der Waals surface area contributed by atoms with Gasteiger partial charge in [0, 0.05) is 31.6 Å². The van der Waals surface area contributed by atoms with Gasteiger partial charge in [0.25, 0.3) is 0 Å². The van der Waals surface area contributed by atoms with Crippen LogP contribution in [0.1, 0.15) is 58.3 Å². The second kappa shape index (κ2) is 8.29. The minimum Gasteiger partial charge on any atom is -0.440 e. The molecule has 1 aromatic heterocycles. The Kier molecular flexibility index (Phi) is 5.49. The van der Waals surface area contributed by atoms with Crippen molar-refractivity contribution in [3.63, 3.8) is 0 Å². The van der Waals surface area contributed by atoms with E-state index in [1.807, 2.05) is 29.2 Å². The molecule has 166 valence electrons. The highest BCUT2D eigenvalue weighted by atomic mass is 16.3. The van der Waals surface area contributed by atoms with E-state index in [9.17, 15) is 9.59 Å². The predicted octanol–water partition coefficient (Wildman–Crippen LogP) is 4.03. The second-order valence-corrected chi connectivity index (χ2v) is 10.1. The second-order valence-electron chi connectivity index (χ2n) is 10.1. The van der Waals surface area contributed by atoms with Gasteiger partial charge in [0.15, 0.2) is 5.58 Å². The molecule has 0 spiro atoms. The summed E-state index contributed by atoms with van der Waals surface area (Å²) in [7, 11) is 0. The van der Waals surface area contributed by atoms with Gasteiger partial charge in [-0.25, -0.2) is 4.98 Å². The van der Waals surface area contributed by atoms with Crippen molar-refractivity contribution in [2.24, 2.45) is 17.8 Å². The van der Waals surface area contributed by atoms with E-state index >= 15 is 0 Å². The number of benzene rings is 1. The number of hydrogen-bond donors (Lipinski definition) is 0. The SMILES string of the molecule is CC(C)CC[C@H]1[C@H]2C[C@H](CN(C(=O)Cc3nc4ccccc4o3)C2)[C@@H]2CCCC(=O)N21. The number of rotatable bonds is 5. The van der Waals surface area contributed by atoms with Crippen molar-refractivity contribution in [2.75, 3.05) is 13.1 Å². The lowest BCUT2D eigenvalue weighted by molar-refractivity contribution is -0.156. The van der Waals surface area contributed by atoms with Gasteiger partial charge in [-0.05, 0) is 62.0 Å². The number of carbonyl (C=O) groups is 2. The zero-order chi connectivity index (χ0) is 21.5. The Bertz CT molecular complexity index is 935. The van der Waals surface area contributed by atoms with Gasteiger partial charge in [0.2, 0.25) is 17.7 Å². The molecule has 6 nitrogen and oxygen atoms in total. The minimum atomic E-state index is 0.0967. The number of fused-ring (bicyclic) bond motifs is 5. The number of nitrogens with zero attached hydrogens (tertiary/aromatic N) is 3. The summed E-state index contributed by atoms with van der Waals surface area (Å²) in [6.45, 7) is 5.99. The van der Waals surface area contributed by atoms with Gasteiger partial charge in [-0.1, -0.05) is 26.0 Å². The molecule has 31 heavy (non-hydrogen) atoms. The quantitative estimate of drug-likeness (QED) is 0.728. The number of para-hydroxylation sites is 2. The van der Waals surface area contributed by atoms with Gasteiger partial charge in [-0.3, -0.25) is 9.59 Å². The Morgan fingerprint density at radius 1 is 1.23 bits per heavy atom. The first-order valence-corrected chi connectivity index (χ1v) is 11.9. The van der Waals surface area contributed by atoms with E-state index < -0.39 is 0 Å². The first-order valence-electron chi connectivity index (χ1n) is 11.9. The molecule has 1 aromatic carbocycles. The summed E-state index contributed by atoms with van der Waals surface area (Å²) < 4.78 is 5.80. The fraction of sp³-hybridized carbons (Fsp3) is 0.640. The van der Waals surface area contributed by atoms with E-state index in [4.69, 9.17) is 4.42 Å². The summed E-state index contributed by atoms with van der Waals surface area (Å²) >= 11 is 0. The van der Waals surface area contributed by atoms with Crippen LogP contribution in [0.2, 0.25) is 0 Å². The van der Waals surface area contributed by atoms with E-state index in [0.29, 0.717) is 42.0 Å². The van der Waals surface area contributed by atoms with Crippen LogP contribution in [0, 0.1) is 17.8 Å². The normalized spacial score (nSPS) is 28.3. The fourth-order valence-corrected chi connectivity index (χ4v) is 6.09. The summed E-state index contributed by atoms with van der Waals surface area (Å²) in [5.41, 5.74) is 1.52. The molecule has 4 heterocycles. The average molecular weight is 424 g/mol. The van der Waals surface area contributed by atoms with Gasteiger partial charge >= 0.3 is 0 Å². The van der Waals surface area contributed by atoms with Crippen LogP contribution in [-0.2, 0) is 16.0 Å². The van der Waals surface area contributed by atoms with E-state index in [-0.39, 0.29) is 18.4 Å².